The zero-order valence-electron chi connectivity index (χ0n) is 9.16. The highest BCUT2D eigenvalue weighted by molar-refractivity contribution is 5.03. The third kappa shape index (κ3) is 1.79. The van der Waals surface area contributed by atoms with Gasteiger partial charge >= 0.3 is 0 Å². The summed E-state index contributed by atoms with van der Waals surface area (Å²) in [4.78, 5) is 0. The Hall–Kier alpha value is -0.550. The molecule has 14 heavy (non-hydrogen) atoms. The van der Waals surface area contributed by atoms with Crippen molar-refractivity contribution in [2.24, 2.45) is 17.8 Å². The van der Waals surface area contributed by atoms with Crippen LogP contribution in [0, 0.1) is 29.1 Å². The molecule has 4 unspecified atom stereocenters. The number of fused-ring (bicyclic) bond motifs is 2. The molecule has 2 aliphatic rings. The van der Waals surface area contributed by atoms with Crippen LogP contribution in [0.25, 0.3) is 0 Å². The van der Waals surface area contributed by atoms with Crippen molar-refractivity contribution in [3.63, 3.8) is 0 Å². The Balaban J connectivity index is 1.96. The molecule has 0 heterocycles. The van der Waals surface area contributed by atoms with Gasteiger partial charge < -0.3 is 0 Å². The third-order valence-corrected chi connectivity index (χ3v) is 3.87. The van der Waals surface area contributed by atoms with Crippen molar-refractivity contribution in [1.82, 2.24) is 5.32 Å². The van der Waals surface area contributed by atoms with Crippen molar-refractivity contribution in [3.8, 4) is 6.07 Å². The number of hydrogen-bond acceptors (Lipinski definition) is 2. The summed E-state index contributed by atoms with van der Waals surface area (Å²) in [6.45, 7) is 4.25. The topological polar surface area (TPSA) is 35.8 Å². The molecule has 0 aromatic heterocycles. The maximum atomic E-state index is 9.15. The molecule has 2 fully saturated rings. The molecule has 78 valence electrons. The molecule has 0 radical (unpaired) electrons. The molecule has 1 N–H and O–H groups in total. The van der Waals surface area contributed by atoms with Gasteiger partial charge in [-0.25, -0.2) is 0 Å². The summed E-state index contributed by atoms with van der Waals surface area (Å²) in [6, 6.07) is 2.98. The fraction of sp³-hybridized carbons (Fsp3) is 0.917. The van der Waals surface area contributed by atoms with E-state index >= 15 is 0 Å². The van der Waals surface area contributed by atoms with E-state index < -0.39 is 0 Å². The zero-order valence-corrected chi connectivity index (χ0v) is 9.16. The predicted molar refractivity (Wildman–Crippen MR) is 56.6 cm³/mol. The quantitative estimate of drug-likeness (QED) is 0.745. The predicted octanol–water partition coefficient (Wildman–Crippen LogP) is 2.31. The van der Waals surface area contributed by atoms with Crippen LogP contribution in [-0.4, -0.2) is 12.1 Å². The van der Waals surface area contributed by atoms with Crippen molar-refractivity contribution in [1.29, 1.82) is 5.26 Å². The second-order valence-corrected chi connectivity index (χ2v) is 5.27. The molecule has 0 aromatic carbocycles. The summed E-state index contributed by atoms with van der Waals surface area (Å²) < 4.78 is 0. The first-order chi connectivity index (χ1) is 6.70. The van der Waals surface area contributed by atoms with E-state index in [9.17, 15) is 0 Å². The fourth-order valence-electron chi connectivity index (χ4n) is 3.32. The van der Waals surface area contributed by atoms with Crippen LogP contribution in [0.3, 0.4) is 0 Å². The van der Waals surface area contributed by atoms with E-state index in [1.165, 1.54) is 25.7 Å². The molecule has 0 amide bonds. The molecule has 0 spiro atoms. The second kappa shape index (κ2) is 3.90. The molecule has 4 atom stereocenters. The van der Waals surface area contributed by atoms with Crippen molar-refractivity contribution in [2.45, 2.75) is 51.6 Å². The Morgan fingerprint density at radius 1 is 1.29 bits per heavy atom. The van der Waals surface area contributed by atoms with E-state index in [2.05, 4.69) is 25.2 Å². The van der Waals surface area contributed by atoms with Crippen LogP contribution in [0.2, 0.25) is 0 Å². The average Bonchev–Trinajstić information content (AvgIpc) is 2.74. The van der Waals surface area contributed by atoms with Gasteiger partial charge in [-0.3, -0.25) is 5.32 Å². The SMILES string of the molecule is CC(C)NC(C#N)C1CC2CCC1C2. The Kier molecular flexibility index (Phi) is 2.78. The van der Waals surface area contributed by atoms with Gasteiger partial charge in [0.05, 0.1) is 12.1 Å². The van der Waals surface area contributed by atoms with Gasteiger partial charge in [-0.05, 0) is 50.9 Å². The van der Waals surface area contributed by atoms with Gasteiger partial charge in [0.1, 0.15) is 0 Å². The summed E-state index contributed by atoms with van der Waals surface area (Å²) in [7, 11) is 0. The lowest BCUT2D eigenvalue weighted by molar-refractivity contribution is 0.273. The third-order valence-electron chi connectivity index (χ3n) is 3.87. The molecule has 0 aromatic rings. The lowest BCUT2D eigenvalue weighted by Gasteiger charge is -2.27. The molecular weight excluding hydrogens is 172 g/mol. The number of rotatable bonds is 3. The monoisotopic (exact) mass is 192 g/mol. The van der Waals surface area contributed by atoms with Crippen molar-refractivity contribution < 1.29 is 0 Å². The Morgan fingerprint density at radius 2 is 2.07 bits per heavy atom. The summed E-state index contributed by atoms with van der Waals surface area (Å²) in [5.41, 5.74) is 0. The molecule has 2 nitrogen and oxygen atoms in total. The summed E-state index contributed by atoms with van der Waals surface area (Å²) >= 11 is 0. The first-order valence-electron chi connectivity index (χ1n) is 5.86. The highest BCUT2D eigenvalue weighted by atomic mass is 14.9. The first kappa shape index (κ1) is 9.98. The highest BCUT2D eigenvalue weighted by Gasteiger charge is 2.43. The van der Waals surface area contributed by atoms with Gasteiger partial charge in [-0.1, -0.05) is 6.42 Å². The van der Waals surface area contributed by atoms with E-state index in [4.69, 9.17) is 5.26 Å². The maximum Gasteiger partial charge on any atom is 0.0986 e. The smallest absolute Gasteiger partial charge is 0.0986 e. The minimum atomic E-state index is 0.102. The lowest BCUT2D eigenvalue weighted by atomic mass is 9.83. The molecular formula is C12H20N2. The molecule has 2 heteroatoms. The van der Waals surface area contributed by atoms with Gasteiger partial charge in [0, 0.05) is 6.04 Å². The van der Waals surface area contributed by atoms with E-state index in [-0.39, 0.29) is 6.04 Å². The fourth-order valence-corrected chi connectivity index (χ4v) is 3.32. The molecule has 2 bridgehead atoms. The summed E-state index contributed by atoms with van der Waals surface area (Å²) in [5.74, 6) is 2.42. The van der Waals surface area contributed by atoms with Crippen molar-refractivity contribution in [2.75, 3.05) is 0 Å². The molecule has 2 saturated carbocycles. The van der Waals surface area contributed by atoms with Gasteiger partial charge in [0.15, 0.2) is 0 Å². The number of nitrogens with zero attached hydrogens (tertiary/aromatic N) is 1. The first-order valence-corrected chi connectivity index (χ1v) is 5.86. The van der Waals surface area contributed by atoms with Crippen molar-refractivity contribution >= 4 is 0 Å². The average molecular weight is 192 g/mol. The van der Waals surface area contributed by atoms with Crippen LogP contribution in [0.4, 0.5) is 0 Å². The number of hydrogen-bond donors (Lipinski definition) is 1. The largest absolute Gasteiger partial charge is 0.299 e. The standard InChI is InChI=1S/C12H20N2/c1-8(2)14-12(7-13)11-6-9-3-4-10(11)5-9/h8-12,14H,3-6H2,1-2H3. The zero-order chi connectivity index (χ0) is 10.1. The van der Waals surface area contributed by atoms with Crippen LogP contribution in [0.15, 0.2) is 0 Å². The Bertz CT molecular complexity index is 241. The lowest BCUT2D eigenvalue weighted by Crippen LogP contribution is -2.41. The van der Waals surface area contributed by atoms with Crippen LogP contribution in [0.1, 0.15) is 39.5 Å². The van der Waals surface area contributed by atoms with E-state index in [1.807, 2.05) is 0 Å². The Labute approximate surface area is 86.7 Å². The maximum absolute atomic E-state index is 9.15. The van der Waals surface area contributed by atoms with Crippen LogP contribution in [-0.2, 0) is 0 Å². The van der Waals surface area contributed by atoms with Gasteiger partial charge in [0.25, 0.3) is 0 Å². The normalized spacial score (nSPS) is 37.4. The van der Waals surface area contributed by atoms with Gasteiger partial charge in [-0.15, -0.1) is 0 Å². The highest BCUT2D eigenvalue weighted by Crippen LogP contribution is 2.49. The molecule has 0 aliphatic heterocycles. The number of nitriles is 1. The van der Waals surface area contributed by atoms with Crippen LogP contribution >= 0.6 is 0 Å². The molecule has 0 saturated heterocycles. The summed E-state index contributed by atoms with van der Waals surface area (Å²) in [6.07, 6.45) is 5.47. The minimum absolute atomic E-state index is 0.102. The second-order valence-electron chi connectivity index (χ2n) is 5.27. The van der Waals surface area contributed by atoms with Crippen LogP contribution < -0.4 is 5.32 Å². The van der Waals surface area contributed by atoms with E-state index in [1.54, 1.807) is 0 Å². The minimum Gasteiger partial charge on any atom is -0.299 e. The van der Waals surface area contributed by atoms with E-state index in [0.717, 1.165) is 11.8 Å². The molecule has 2 rings (SSSR count). The van der Waals surface area contributed by atoms with Gasteiger partial charge in [-0.2, -0.15) is 5.26 Å². The van der Waals surface area contributed by atoms with Crippen molar-refractivity contribution in [3.05, 3.63) is 0 Å². The Morgan fingerprint density at radius 3 is 2.50 bits per heavy atom. The van der Waals surface area contributed by atoms with E-state index in [0.29, 0.717) is 12.0 Å². The number of nitrogens with one attached hydrogen (secondary N) is 1. The molecule has 2 aliphatic carbocycles. The van der Waals surface area contributed by atoms with Crippen LogP contribution in [0.5, 0.6) is 0 Å². The summed E-state index contributed by atoms with van der Waals surface area (Å²) in [5, 5.41) is 12.5. The van der Waals surface area contributed by atoms with Gasteiger partial charge in [0.2, 0.25) is 0 Å².